The zero-order chi connectivity index (χ0) is 18.5. The van der Waals surface area contributed by atoms with E-state index in [1.165, 1.54) is 10.5 Å². The summed E-state index contributed by atoms with van der Waals surface area (Å²) in [5, 5.41) is 3.15. The summed E-state index contributed by atoms with van der Waals surface area (Å²) >= 11 is 0. The van der Waals surface area contributed by atoms with Crippen LogP contribution in [0, 0.1) is 0 Å². The second-order valence-electron chi connectivity index (χ2n) is 6.05. The Morgan fingerprint density at radius 3 is 2.27 bits per heavy atom. The quantitative estimate of drug-likeness (QED) is 0.780. The lowest BCUT2D eigenvalue weighted by molar-refractivity contribution is -0.137. The van der Waals surface area contributed by atoms with Crippen molar-refractivity contribution in [2.45, 2.75) is 13.3 Å². The van der Waals surface area contributed by atoms with E-state index in [-0.39, 0.29) is 18.4 Å². The standard InChI is InChI=1S/C21H22N2O3/c1-3-15-9-11-17(12-10-15)22-19-18(16-7-5-4-6-8-16)20(24)23(21(19)25)13-14-26-2/h4-12,22H,3,13-14H2,1-2H3. The van der Waals surface area contributed by atoms with Gasteiger partial charge in [-0.25, -0.2) is 0 Å². The van der Waals surface area contributed by atoms with Gasteiger partial charge < -0.3 is 10.1 Å². The number of carbonyl (C=O) groups excluding carboxylic acids is 2. The fraction of sp³-hybridized carbons (Fsp3) is 0.238. The zero-order valence-electron chi connectivity index (χ0n) is 15.0. The van der Waals surface area contributed by atoms with Crippen LogP contribution in [-0.4, -0.2) is 37.0 Å². The van der Waals surface area contributed by atoms with Crippen LogP contribution in [0.1, 0.15) is 18.1 Å². The first-order valence-corrected chi connectivity index (χ1v) is 8.66. The van der Waals surface area contributed by atoms with Gasteiger partial charge in [-0.1, -0.05) is 49.4 Å². The van der Waals surface area contributed by atoms with Gasteiger partial charge in [-0.05, 0) is 29.7 Å². The van der Waals surface area contributed by atoms with Gasteiger partial charge in [-0.15, -0.1) is 0 Å². The van der Waals surface area contributed by atoms with Crippen molar-refractivity contribution >= 4 is 23.1 Å². The predicted octanol–water partition coefficient (Wildman–Crippen LogP) is 3.09. The molecular weight excluding hydrogens is 328 g/mol. The first kappa shape index (κ1) is 17.9. The molecule has 1 heterocycles. The molecule has 5 nitrogen and oxygen atoms in total. The Hall–Kier alpha value is -2.92. The number of nitrogens with zero attached hydrogens (tertiary/aromatic N) is 1. The van der Waals surface area contributed by atoms with E-state index in [1.807, 2.05) is 54.6 Å². The highest BCUT2D eigenvalue weighted by Gasteiger charge is 2.38. The summed E-state index contributed by atoms with van der Waals surface area (Å²) in [4.78, 5) is 27.0. The maximum atomic E-state index is 12.9. The van der Waals surface area contributed by atoms with Crippen molar-refractivity contribution in [2.24, 2.45) is 0 Å². The molecule has 0 saturated carbocycles. The highest BCUT2D eigenvalue weighted by molar-refractivity contribution is 6.36. The van der Waals surface area contributed by atoms with Crippen LogP contribution in [0.15, 0.2) is 60.3 Å². The first-order chi connectivity index (χ1) is 12.7. The van der Waals surface area contributed by atoms with Crippen LogP contribution in [0.2, 0.25) is 0 Å². The molecule has 0 atom stereocenters. The van der Waals surface area contributed by atoms with Crippen LogP contribution in [-0.2, 0) is 20.7 Å². The Kier molecular flexibility index (Phi) is 5.49. The molecule has 2 aromatic rings. The first-order valence-electron chi connectivity index (χ1n) is 8.66. The summed E-state index contributed by atoms with van der Waals surface area (Å²) in [5.41, 5.74) is 3.41. The Morgan fingerprint density at radius 2 is 1.65 bits per heavy atom. The number of anilines is 1. The third kappa shape index (κ3) is 3.53. The van der Waals surface area contributed by atoms with Crippen LogP contribution < -0.4 is 5.32 Å². The maximum Gasteiger partial charge on any atom is 0.278 e. The molecule has 0 fully saturated rings. The topological polar surface area (TPSA) is 58.6 Å². The average molecular weight is 350 g/mol. The second kappa shape index (κ2) is 7.97. The molecule has 3 rings (SSSR count). The third-order valence-corrected chi connectivity index (χ3v) is 4.38. The van der Waals surface area contributed by atoms with Crippen molar-refractivity contribution in [3.63, 3.8) is 0 Å². The fourth-order valence-corrected chi connectivity index (χ4v) is 2.92. The van der Waals surface area contributed by atoms with Crippen molar-refractivity contribution in [2.75, 3.05) is 25.6 Å². The smallest absolute Gasteiger partial charge is 0.278 e. The van der Waals surface area contributed by atoms with Gasteiger partial charge in [0.2, 0.25) is 0 Å². The van der Waals surface area contributed by atoms with Gasteiger partial charge in [-0.2, -0.15) is 0 Å². The number of aryl methyl sites for hydroxylation is 1. The van der Waals surface area contributed by atoms with E-state index in [4.69, 9.17) is 4.74 Å². The minimum absolute atomic E-state index is 0.227. The van der Waals surface area contributed by atoms with Crippen molar-refractivity contribution in [1.82, 2.24) is 4.90 Å². The molecule has 1 aliphatic rings. The van der Waals surface area contributed by atoms with Crippen LogP contribution >= 0.6 is 0 Å². The van der Waals surface area contributed by atoms with Crippen molar-refractivity contribution in [1.29, 1.82) is 0 Å². The molecule has 26 heavy (non-hydrogen) atoms. The van der Waals surface area contributed by atoms with Crippen LogP contribution in [0.3, 0.4) is 0 Å². The Balaban J connectivity index is 1.98. The molecule has 2 amide bonds. The summed E-state index contributed by atoms with van der Waals surface area (Å²) in [5.74, 6) is -0.628. The number of carbonyl (C=O) groups is 2. The van der Waals surface area contributed by atoms with E-state index >= 15 is 0 Å². The minimum atomic E-state index is -0.328. The number of rotatable bonds is 7. The van der Waals surface area contributed by atoms with E-state index in [1.54, 1.807) is 7.11 Å². The monoisotopic (exact) mass is 350 g/mol. The summed E-state index contributed by atoms with van der Waals surface area (Å²) in [7, 11) is 1.55. The van der Waals surface area contributed by atoms with Crippen LogP contribution in [0.25, 0.3) is 5.57 Å². The fourth-order valence-electron chi connectivity index (χ4n) is 2.92. The molecule has 0 aromatic heterocycles. The third-order valence-electron chi connectivity index (χ3n) is 4.38. The van der Waals surface area contributed by atoms with Crippen molar-refractivity contribution in [3.05, 3.63) is 71.4 Å². The van der Waals surface area contributed by atoms with E-state index < -0.39 is 0 Å². The number of benzene rings is 2. The predicted molar refractivity (Wildman–Crippen MR) is 101 cm³/mol. The van der Waals surface area contributed by atoms with E-state index in [0.29, 0.717) is 17.9 Å². The number of imide groups is 1. The molecule has 1 aliphatic heterocycles. The van der Waals surface area contributed by atoms with Crippen molar-refractivity contribution in [3.8, 4) is 0 Å². The minimum Gasteiger partial charge on any atom is -0.383 e. The van der Waals surface area contributed by atoms with E-state index in [2.05, 4.69) is 12.2 Å². The van der Waals surface area contributed by atoms with Crippen molar-refractivity contribution < 1.29 is 14.3 Å². The molecule has 0 saturated heterocycles. The van der Waals surface area contributed by atoms with Gasteiger partial charge in [0.25, 0.3) is 11.8 Å². The number of ether oxygens (including phenoxy) is 1. The molecule has 0 bridgehead atoms. The summed E-state index contributed by atoms with van der Waals surface area (Å²) < 4.78 is 5.04. The number of hydrogen-bond donors (Lipinski definition) is 1. The van der Waals surface area contributed by atoms with Gasteiger partial charge in [0, 0.05) is 12.8 Å². The molecule has 2 aromatic carbocycles. The molecule has 134 valence electrons. The lowest BCUT2D eigenvalue weighted by Gasteiger charge is -2.14. The molecule has 0 radical (unpaired) electrons. The zero-order valence-corrected chi connectivity index (χ0v) is 15.0. The van der Waals surface area contributed by atoms with Gasteiger partial charge in [0.15, 0.2) is 0 Å². The molecule has 0 aliphatic carbocycles. The van der Waals surface area contributed by atoms with Gasteiger partial charge in [0.05, 0.1) is 18.7 Å². The Morgan fingerprint density at radius 1 is 0.962 bits per heavy atom. The van der Waals surface area contributed by atoms with Crippen LogP contribution in [0.5, 0.6) is 0 Å². The average Bonchev–Trinajstić information content (AvgIpc) is 2.91. The summed E-state index contributed by atoms with van der Waals surface area (Å²) in [6.07, 6.45) is 0.945. The number of hydrogen-bond acceptors (Lipinski definition) is 4. The Labute approximate surface area is 153 Å². The molecule has 0 unspecified atom stereocenters. The molecule has 5 heteroatoms. The number of amides is 2. The van der Waals surface area contributed by atoms with Gasteiger partial charge in [0.1, 0.15) is 5.70 Å². The lowest BCUT2D eigenvalue weighted by Crippen LogP contribution is -2.35. The normalized spacial score (nSPS) is 14.3. The summed E-state index contributed by atoms with van der Waals surface area (Å²) in [6.45, 7) is 2.62. The Bertz CT molecular complexity index is 826. The SMILES string of the molecule is CCc1ccc(NC2=C(c3ccccc3)C(=O)N(CCOC)C2=O)cc1. The van der Waals surface area contributed by atoms with Crippen LogP contribution in [0.4, 0.5) is 5.69 Å². The largest absolute Gasteiger partial charge is 0.383 e. The molecule has 1 N–H and O–H groups in total. The molecule has 0 spiro atoms. The van der Waals surface area contributed by atoms with E-state index in [0.717, 1.165) is 17.7 Å². The summed E-state index contributed by atoms with van der Waals surface area (Å²) in [6, 6.07) is 17.1. The molecular formula is C21H22N2O3. The van der Waals surface area contributed by atoms with Gasteiger partial charge in [-0.3, -0.25) is 14.5 Å². The number of nitrogens with one attached hydrogen (secondary N) is 1. The maximum absolute atomic E-state index is 12.9. The van der Waals surface area contributed by atoms with Gasteiger partial charge >= 0.3 is 0 Å². The highest BCUT2D eigenvalue weighted by atomic mass is 16.5. The lowest BCUT2D eigenvalue weighted by atomic mass is 10.0. The number of methoxy groups -OCH3 is 1. The second-order valence-corrected chi connectivity index (χ2v) is 6.05. The highest BCUT2D eigenvalue weighted by Crippen LogP contribution is 2.30. The van der Waals surface area contributed by atoms with E-state index in [9.17, 15) is 9.59 Å².